The molecule has 0 aliphatic carbocycles. The average Bonchev–Trinajstić information content (AvgIpc) is 3.17. The summed E-state index contributed by atoms with van der Waals surface area (Å²) < 4.78 is 6.65. The average molecular weight is 365 g/mol. The zero-order chi connectivity index (χ0) is 18.2. The normalized spacial score (nSPS) is 12.0. The molecule has 1 atom stereocenters. The highest BCUT2D eigenvalue weighted by Gasteiger charge is 2.16. The molecule has 2 aromatic heterocycles. The van der Waals surface area contributed by atoms with Gasteiger partial charge in [0.05, 0.1) is 17.2 Å². The van der Waals surface area contributed by atoms with E-state index in [1.807, 2.05) is 19.4 Å². The van der Waals surface area contributed by atoms with Crippen LogP contribution in [0, 0.1) is 6.92 Å². The Balaban J connectivity index is 1.59. The second kappa shape index (κ2) is 9.26. The van der Waals surface area contributed by atoms with E-state index in [2.05, 4.69) is 20.9 Å². The number of nitrogens with zero attached hydrogens (tertiary/aromatic N) is 3. The standard InChI is InChI=1S/C16H23N5O3S/c1-11-7-14(20-24-11)19-16(23)12(2)25-10-15(22)17-6-4-5-13-8-18-21(3)9-13/h7-9,12H,4-6,10H2,1-3H3,(H,17,22)(H,19,20,23). The van der Waals surface area contributed by atoms with Crippen LogP contribution in [0.25, 0.3) is 0 Å². The molecule has 0 saturated heterocycles. The van der Waals surface area contributed by atoms with Gasteiger partial charge in [0.2, 0.25) is 11.8 Å². The lowest BCUT2D eigenvalue weighted by molar-refractivity contribution is -0.118. The van der Waals surface area contributed by atoms with E-state index < -0.39 is 0 Å². The SMILES string of the molecule is Cc1cc(NC(=O)C(C)SCC(=O)NCCCc2cnn(C)c2)no1. The highest BCUT2D eigenvalue weighted by molar-refractivity contribution is 8.01. The number of carbonyl (C=O) groups is 2. The maximum atomic E-state index is 12.0. The number of aromatic nitrogens is 3. The minimum atomic E-state index is -0.363. The molecule has 2 amide bonds. The number of carbonyl (C=O) groups excluding carboxylic acids is 2. The van der Waals surface area contributed by atoms with Crippen LogP contribution in [0.1, 0.15) is 24.7 Å². The Hall–Kier alpha value is -2.29. The number of hydrogen-bond donors (Lipinski definition) is 2. The molecule has 0 bridgehead atoms. The Morgan fingerprint density at radius 3 is 2.88 bits per heavy atom. The van der Waals surface area contributed by atoms with Crippen molar-refractivity contribution in [1.82, 2.24) is 20.3 Å². The summed E-state index contributed by atoms with van der Waals surface area (Å²) in [7, 11) is 1.88. The molecule has 0 saturated carbocycles. The van der Waals surface area contributed by atoms with Gasteiger partial charge in [-0.15, -0.1) is 11.8 Å². The number of anilines is 1. The fourth-order valence-corrected chi connectivity index (χ4v) is 2.82. The van der Waals surface area contributed by atoms with E-state index in [0.29, 0.717) is 18.1 Å². The van der Waals surface area contributed by atoms with Gasteiger partial charge >= 0.3 is 0 Å². The zero-order valence-electron chi connectivity index (χ0n) is 14.6. The molecule has 8 nitrogen and oxygen atoms in total. The van der Waals surface area contributed by atoms with E-state index in [4.69, 9.17) is 4.52 Å². The molecule has 9 heteroatoms. The molecule has 2 heterocycles. The van der Waals surface area contributed by atoms with Gasteiger partial charge < -0.3 is 15.2 Å². The summed E-state index contributed by atoms with van der Waals surface area (Å²) in [6, 6.07) is 1.64. The third-order valence-corrected chi connectivity index (χ3v) is 4.58. The second-order valence-electron chi connectivity index (χ2n) is 5.74. The van der Waals surface area contributed by atoms with Gasteiger partial charge in [-0.2, -0.15) is 5.10 Å². The van der Waals surface area contributed by atoms with Gasteiger partial charge in [-0.05, 0) is 32.3 Å². The molecule has 0 aliphatic rings. The fraction of sp³-hybridized carbons (Fsp3) is 0.500. The molecule has 0 fully saturated rings. The molecule has 0 radical (unpaired) electrons. The molecule has 1 unspecified atom stereocenters. The van der Waals surface area contributed by atoms with Crippen LogP contribution in [0.15, 0.2) is 23.0 Å². The summed E-state index contributed by atoms with van der Waals surface area (Å²) >= 11 is 1.28. The van der Waals surface area contributed by atoms with E-state index in [-0.39, 0.29) is 22.8 Å². The Kier molecular flexibility index (Phi) is 7.05. The van der Waals surface area contributed by atoms with Gasteiger partial charge in [0.25, 0.3) is 0 Å². The Bertz CT molecular complexity index is 712. The van der Waals surface area contributed by atoms with Crippen molar-refractivity contribution in [2.75, 3.05) is 17.6 Å². The molecule has 136 valence electrons. The third-order valence-electron chi connectivity index (χ3n) is 3.44. The van der Waals surface area contributed by atoms with Crippen molar-refractivity contribution in [2.45, 2.75) is 31.9 Å². The Labute approximate surface area is 150 Å². The van der Waals surface area contributed by atoms with Gasteiger partial charge in [-0.1, -0.05) is 5.16 Å². The summed E-state index contributed by atoms with van der Waals surface area (Å²) in [6.45, 7) is 4.11. The predicted octanol–water partition coefficient (Wildman–Crippen LogP) is 1.53. The number of thioether (sulfide) groups is 1. The number of hydrogen-bond acceptors (Lipinski definition) is 6. The molecular weight excluding hydrogens is 342 g/mol. The second-order valence-corrected chi connectivity index (χ2v) is 7.07. The summed E-state index contributed by atoms with van der Waals surface area (Å²) in [5.41, 5.74) is 1.15. The summed E-state index contributed by atoms with van der Waals surface area (Å²) in [6.07, 6.45) is 5.52. The van der Waals surface area contributed by atoms with Crippen LogP contribution < -0.4 is 10.6 Å². The quantitative estimate of drug-likeness (QED) is 0.653. The molecule has 0 aromatic carbocycles. The van der Waals surface area contributed by atoms with Crippen molar-refractivity contribution >= 4 is 29.4 Å². The Morgan fingerprint density at radius 2 is 2.24 bits per heavy atom. The van der Waals surface area contributed by atoms with E-state index >= 15 is 0 Å². The molecule has 2 N–H and O–H groups in total. The van der Waals surface area contributed by atoms with E-state index in [0.717, 1.165) is 18.4 Å². The molecule has 0 aliphatic heterocycles. The van der Waals surface area contributed by atoms with Crippen molar-refractivity contribution < 1.29 is 14.1 Å². The first-order valence-electron chi connectivity index (χ1n) is 8.04. The minimum absolute atomic E-state index is 0.0758. The van der Waals surface area contributed by atoms with Gasteiger partial charge in [0.1, 0.15) is 5.76 Å². The maximum Gasteiger partial charge on any atom is 0.238 e. The van der Waals surface area contributed by atoms with Crippen molar-refractivity contribution in [3.8, 4) is 0 Å². The van der Waals surface area contributed by atoms with Crippen LogP contribution in [0.3, 0.4) is 0 Å². The topological polar surface area (TPSA) is 102 Å². The van der Waals surface area contributed by atoms with Crippen molar-refractivity contribution in [2.24, 2.45) is 7.05 Å². The van der Waals surface area contributed by atoms with Gasteiger partial charge in [0.15, 0.2) is 5.82 Å². The van der Waals surface area contributed by atoms with Crippen molar-refractivity contribution in [1.29, 1.82) is 0 Å². The third kappa shape index (κ3) is 6.61. The molecular formula is C16H23N5O3S. The fourth-order valence-electron chi connectivity index (χ4n) is 2.10. The van der Waals surface area contributed by atoms with Crippen LogP contribution >= 0.6 is 11.8 Å². The van der Waals surface area contributed by atoms with Crippen LogP contribution in [0.5, 0.6) is 0 Å². The number of nitrogens with one attached hydrogen (secondary N) is 2. The zero-order valence-corrected chi connectivity index (χ0v) is 15.4. The molecule has 2 rings (SSSR count). The van der Waals surface area contributed by atoms with Crippen LogP contribution in [-0.4, -0.2) is 44.3 Å². The predicted molar refractivity (Wildman–Crippen MR) is 96.3 cm³/mol. The van der Waals surface area contributed by atoms with E-state index in [1.165, 1.54) is 11.8 Å². The van der Waals surface area contributed by atoms with E-state index in [9.17, 15) is 9.59 Å². The largest absolute Gasteiger partial charge is 0.360 e. The number of amides is 2. The maximum absolute atomic E-state index is 12.0. The smallest absolute Gasteiger partial charge is 0.238 e. The minimum Gasteiger partial charge on any atom is -0.360 e. The van der Waals surface area contributed by atoms with Crippen LogP contribution in [-0.2, 0) is 23.1 Å². The first-order valence-corrected chi connectivity index (χ1v) is 9.09. The lowest BCUT2D eigenvalue weighted by Gasteiger charge is -2.10. The monoisotopic (exact) mass is 365 g/mol. The van der Waals surface area contributed by atoms with Gasteiger partial charge in [0, 0.05) is 25.9 Å². The Morgan fingerprint density at radius 1 is 1.44 bits per heavy atom. The molecule has 0 spiro atoms. The van der Waals surface area contributed by atoms with Crippen molar-refractivity contribution in [3.05, 3.63) is 29.8 Å². The van der Waals surface area contributed by atoms with Crippen molar-refractivity contribution in [3.63, 3.8) is 0 Å². The van der Waals surface area contributed by atoms with Gasteiger partial charge in [-0.25, -0.2) is 0 Å². The molecule has 25 heavy (non-hydrogen) atoms. The highest BCUT2D eigenvalue weighted by atomic mass is 32.2. The first-order chi connectivity index (χ1) is 11.9. The summed E-state index contributed by atoms with van der Waals surface area (Å²) in [4.78, 5) is 23.8. The highest BCUT2D eigenvalue weighted by Crippen LogP contribution is 2.14. The lowest BCUT2D eigenvalue weighted by atomic mass is 10.2. The summed E-state index contributed by atoms with van der Waals surface area (Å²) in [5.74, 6) is 0.964. The van der Waals surface area contributed by atoms with Gasteiger partial charge in [-0.3, -0.25) is 14.3 Å². The summed E-state index contributed by atoms with van der Waals surface area (Å²) in [5, 5.41) is 13.0. The first kappa shape index (κ1) is 19.0. The van der Waals surface area contributed by atoms with Crippen LogP contribution in [0.2, 0.25) is 0 Å². The lowest BCUT2D eigenvalue weighted by Crippen LogP contribution is -2.29. The number of aryl methyl sites for hydroxylation is 3. The van der Waals surface area contributed by atoms with E-state index in [1.54, 1.807) is 24.6 Å². The number of rotatable bonds is 9. The van der Waals surface area contributed by atoms with Crippen LogP contribution in [0.4, 0.5) is 5.82 Å². The molecule has 2 aromatic rings.